The van der Waals surface area contributed by atoms with Crippen LogP contribution in [0, 0.1) is 13.8 Å². The smallest absolute Gasteiger partial charge is 0.434 e. The van der Waals surface area contributed by atoms with E-state index in [1.165, 1.54) is 28.8 Å². The number of hydrogen-bond donors (Lipinski definition) is 2. The molecule has 0 unspecified atom stereocenters. The van der Waals surface area contributed by atoms with Gasteiger partial charge in [0.15, 0.2) is 0 Å². The molecule has 0 atom stereocenters. The lowest BCUT2D eigenvalue weighted by atomic mass is 9.99. The van der Waals surface area contributed by atoms with E-state index in [1.807, 2.05) is 19.2 Å². The molecule has 162 valence electrons. The number of aromatic nitrogens is 2. The molecule has 2 aromatic heterocycles. The predicted octanol–water partition coefficient (Wildman–Crippen LogP) is 2.94. The standard InChI is InChI=1S/C23H26N4O4/c1-16-13-18(19-7-8-24-17(2)14-19)3-4-20(16)15-25-9-11-26(12-10-25)23(30)31-27-21(28)5-6-22(27)29/h3-8,13-14,28-29H,9-12,15H2,1-2H3. The summed E-state index contributed by atoms with van der Waals surface area (Å²) in [6.45, 7) is 7.36. The van der Waals surface area contributed by atoms with Crippen molar-refractivity contribution in [3.63, 3.8) is 0 Å². The molecule has 3 heterocycles. The molecule has 0 bridgehead atoms. The Hall–Kier alpha value is -3.52. The van der Waals surface area contributed by atoms with Crippen molar-refractivity contribution in [2.75, 3.05) is 26.2 Å². The zero-order chi connectivity index (χ0) is 22.0. The maximum absolute atomic E-state index is 12.3. The quantitative estimate of drug-likeness (QED) is 0.672. The summed E-state index contributed by atoms with van der Waals surface area (Å²) in [5.74, 6) is -0.657. The number of carbonyl (C=O) groups excluding carboxylic acids is 1. The molecular formula is C23H26N4O4. The van der Waals surface area contributed by atoms with Gasteiger partial charge in [-0.2, -0.15) is 0 Å². The van der Waals surface area contributed by atoms with E-state index >= 15 is 0 Å². The van der Waals surface area contributed by atoms with Gasteiger partial charge in [0.05, 0.1) is 0 Å². The zero-order valence-electron chi connectivity index (χ0n) is 17.7. The van der Waals surface area contributed by atoms with Crippen molar-refractivity contribution in [1.82, 2.24) is 19.5 Å². The monoisotopic (exact) mass is 422 g/mol. The van der Waals surface area contributed by atoms with E-state index in [0.29, 0.717) is 30.9 Å². The van der Waals surface area contributed by atoms with E-state index in [1.54, 1.807) is 4.90 Å². The minimum Gasteiger partial charge on any atom is -0.492 e. The van der Waals surface area contributed by atoms with Crippen LogP contribution in [0.2, 0.25) is 0 Å². The molecule has 0 spiro atoms. The fourth-order valence-electron chi connectivity index (χ4n) is 3.74. The summed E-state index contributed by atoms with van der Waals surface area (Å²) in [5, 5.41) is 19.2. The lowest BCUT2D eigenvalue weighted by Gasteiger charge is -2.34. The highest BCUT2D eigenvalue weighted by atomic mass is 16.7. The summed E-state index contributed by atoms with van der Waals surface area (Å²) in [5.41, 5.74) is 5.82. The third-order valence-corrected chi connectivity index (χ3v) is 5.56. The molecule has 8 heteroatoms. The van der Waals surface area contributed by atoms with Gasteiger partial charge >= 0.3 is 6.09 Å². The fraction of sp³-hybridized carbons (Fsp3) is 0.304. The van der Waals surface area contributed by atoms with Gasteiger partial charge in [-0.1, -0.05) is 18.2 Å². The molecule has 4 rings (SSSR count). The SMILES string of the molecule is Cc1cc(-c2ccc(CN3CCN(C(=O)On4c(O)ccc4O)CC3)c(C)c2)ccn1. The van der Waals surface area contributed by atoms with Crippen molar-refractivity contribution >= 4 is 6.09 Å². The van der Waals surface area contributed by atoms with Gasteiger partial charge in [-0.3, -0.25) is 9.88 Å². The second-order valence-corrected chi connectivity index (χ2v) is 7.79. The Bertz CT molecular complexity index is 1070. The summed E-state index contributed by atoms with van der Waals surface area (Å²) in [6.07, 6.45) is 1.23. The van der Waals surface area contributed by atoms with Crippen molar-refractivity contribution in [3.8, 4) is 22.9 Å². The van der Waals surface area contributed by atoms with E-state index in [4.69, 9.17) is 4.84 Å². The first-order valence-corrected chi connectivity index (χ1v) is 10.2. The maximum atomic E-state index is 12.3. The molecule has 1 amide bonds. The van der Waals surface area contributed by atoms with Crippen LogP contribution in [0.5, 0.6) is 11.8 Å². The molecule has 31 heavy (non-hydrogen) atoms. The van der Waals surface area contributed by atoms with Gasteiger partial charge in [-0.05, 0) is 48.2 Å². The number of pyridine rings is 1. The first-order chi connectivity index (χ1) is 14.9. The van der Waals surface area contributed by atoms with E-state index in [9.17, 15) is 15.0 Å². The molecule has 1 aromatic carbocycles. The Balaban J connectivity index is 1.34. The zero-order valence-corrected chi connectivity index (χ0v) is 17.7. The number of aryl methyl sites for hydroxylation is 2. The van der Waals surface area contributed by atoms with Gasteiger partial charge in [-0.15, -0.1) is 4.73 Å². The molecule has 0 radical (unpaired) electrons. The van der Waals surface area contributed by atoms with Crippen LogP contribution < -0.4 is 4.84 Å². The van der Waals surface area contributed by atoms with Gasteiger partial charge in [0.2, 0.25) is 11.8 Å². The molecule has 1 fully saturated rings. The van der Waals surface area contributed by atoms with E-state index in [2.05, 4.69) is 41.1 Å². The third kappa shape index (κ3) is 4.64. The van der Waals surface area contributed by atoms with Crippen LogP contribution in [0.25, 0.3) is 11.1 Å². The minimum atomic E-state index is -0.602. The Kier molecular flexibility index (Phi) is 5.81. The number of rotatable bonds is 4. The summed E-state index contributed by atoms with van der Waals surface area (Å²) < 4.78 is 0.712. The van der Waals surface area contributed by atoms with Crippen molar-refractivity contribution in [2.24, 2.45) is 0 Å². The number of piperazine rings is 1. The van der Waals surface area contributed by atoms with Gasteiger partial charge < -0.3 is 20.0 Å². The molecule has 1 aliphatic heterocycles. The number of aromatic hydroxyl groups is 2. The molecular weight excluding hydrogens is 396 g/mol. The lowest BCUT2D eigenvalue weighted by Crippen LogP contribution is -2.50. The highest BCUT2D eigenvalue weighted by molar-refractivity contribution is 5.68. The first kappa shape index (κ1) is 20.7. The summed E-state index contributed by atoms with van der Waals surface area (Å²) in [4.78, 5) is 25.5. The molecule has 0 saturated carbocycles. The molecule has 2 N–H and O–H groups in total. The molecule has 1 saturated heterocycles. The van der Waals surface area contributed by atoms with Crippen LogP contribution in [0.1, 0.15) is 16.8 Å². The average Bonchev–Trinajstić information content (AvgIpc) is 3.07. The van der Waals surface area contributed by atoms with Crippen molar-refractivity contribution < 1.29 is 19.8 Å². The Morgan fingerprint density at radius 2 is 1.65 bits per heavy atom. The van der Waals surface area contributed by atoms with E-state index in [0.717, 1.165) is 17.8 Å². The molecule has 8 nitrogen and oxygen atoms in total. The Labute approximate surface area is 180 Å². The van der Waals surface area contributed by atoms with E-state index < -0.39 is 6.09 Å². The lowest BCUT2D eigenvalue weighted by molar-refractivity contribution is 0.0555. The average molecular weight is 422 g/mol. The van der Waals surface area contributed by atoms with Crippen LogP contribution in [0.3, 0.4) is 0 Å². The van der Waals surface area contributed by atoms with Crippen LogP contribution in [-0.2, 0) is 6.54 Å². The first-order valence-electron chi connectivity index (χ1n) is 10.2. The number of hydrogen-bond acceptors (Lipinski definition) is 6. The van der Waals surface area contributed by atoms with Crippen LogP contribution in [-0.4, -0.2) is 62.0 Å². The van der Waals surface area contributed by atoms with Crippen LogP contribution in [0.4, 0.5) is 4.79 Å². The van der Waals surface area contributed by atoms with Crippen molar-refractivity contribution in [1.29, 1.82) is 0 Å². The number of amides is 1. The molecule has 1 aliphatic rings. The van der Waals surface area contributed by atoms with Crippen LogP contribution in [0.15, 0.2) is 48.7 Å². The minimum absolute atomic E-state index is 0.328. The highest BCUT2D eigenvalue weighted by Crippen LogP contribution is 2.24. The number of carbonyl (C=O) groups is 1. The summed E-state index contributed by atoms with van der Waals surface area (Å²) in [7, 11) is 0. The van der Waals surface area contributed by atoms with Gasteiger partial charge in [0, 0.05) is 56.7 Å². The third-order valence-electron chi connectivity index (χ3n) is 5.56. The van der Waals surface area contributed by atoms with Gasteiger partial charge in [0.1, 0.15) is 0 Å². The van der Waals surface area contributed by atoms with Crippen molar-refractivity contribution in [2.45, 2.75) is 20.4 Å². The maximum Gasteiger partial charge on any atom is 0.434 e. The summed E-state index contributed by atoms with van der Waals surface area (Å²) in [6, 6.07) is 13.1. The largest absolute Gasteiger partial charge is 0.492 e. The molecule has 3 aromatic rings. The second kappa shape index (κ2) is 8.69. The van der Waals surface area contributed by atoms with Crippen molar-refractivity contribution in [3.05, 3.63) is 65.5 Å². The number of nitrogens with zero attached hydrogens (tertiary/aromatic N) is 4. The highest BCUT2D eigenvalue weighted by Gasteiger charge is 2.24. The topological polar surface area (TPSA) is 91.1 Å². The predicted molar refractivity (Wildman–Crippen MR) is 116 cm³/mol. The van der Waals surface area contributed by atoms with E-state index in [-0.39, 0.29) is 11.8 Å². The summed E-state index contributed by atoms with van der Waals surface area (Å²) >= 11 is 0. The second-order valence-electron chi connectivity index (χ2n) is 7.79. The normalized spacial score (nSPS) is 14.6. The fourth-order valence-corrected chi connectivity index (χ4v) is 3.74. The Morgan fingerprint density at radius 3 is 2.29 bits per heavy atom. The Morgan fingerprint density at radius 1 is 0.968 bits per heavy atom. The number of benzene rings is 1. The van der Waals surface area contributed by atoms with Gasteiger partial charge in [0.25, 0.3) is 0 Å². The van der Waals surface area contributed by atoms with Crippen LogP contribution >= 0.6 is 0 Å². The van der Waals surface area contributed by atoms with Gasteiger partial charge in [-0.25, -0.2) is 4.79 Å². The molecule has 0 aliphatic carbocycles.